The maximum absolute atomic E-state index is 13.0. The Morgan fingerprint density at radius 1 is 0.962 bits per heavy atom. The van der Waals surface area contributed by atoms with E-state index in [-0.39, 0.29) is 5.82 Å². The zero-order valence-corrected chi connectivity index (χ0v) is 14.3. The predicted octanol–water partition coefficient (Wildman–Crippen LogP) is 3.28. The molecule has 2 heterocycles. The minimum absolute atomic E-state index is 0.298. The maximum atomic E-state index is 13.0. The SMILES string of the molecule is CN(Cc1ccc2c(c1)OCCO2)Cc1nnc(-c2ccc(F)cc2)o1. The van der Waals surface area contributed by atoms with Gasteiger partial charge in [-0.1, -0.05) is 6.07 Å². The number of halogens is 1. The quantitative estimate of drug-likeness (QED) is 0.700. The van der Waals surface area contributed by atoms with Gasteiger partial charge in [-0.15, -0.1) is 10.2 Å². The van der Waals surface area contributed by atoms with Crippen molar-refractivity contribution in [2.45, 2.75) is 13.1 Å². The van der Waals surface area contributed by atoms with Crippen molar-refractivity contribution in [1.29, 1.82) is 0 Å². The summed E-state index contributed by atoms with van der Waals surface area (Å²) in [4.78, 5) is 2.06. The molecule has 0 atom stereocenters. The first-order valence-corrected chi connectivity index (χ1v) is 8.33. The van der Waals surface area contributed by atoms with Gasteiger partial charge in [0.2, 0.25) is 11.8 Å². The third-order valence-electron chi connectivity index (χ3n) is 4.02. The Morgan fingerprint density at radius 3 is 2.54 bits per heavy atom. The van der Waals surface area contributed by atoms with Crippen molar-refractivity contribution in [3.05, 3.63) is 59.7 Å². The molecule has 1 aliphatic rings. The highest BCUT2D eigenvalue weighted by molar-refractivity contribution is 5.51. The molecule has 3 aromatic rings. The monoisotopic (exact) mass is 355 g/mol. The van der Waals surface area contributed by atoms with E-state index in [1.807, 2.05) is 25.2 Å². The molecular formula is C19H18FN3O3. The number of aromatic nitrogens is 2. The Bertz CT molecular complexity index is 895. The summed E-state index contributed by atoms with van der Waals surface area (Å²) in [6.45, 7) is 2.35. The van der Waals surface area contributed by atoms with Gasteiger partial charge in [0.1, 0.15) is 19.0 Å². The highest BCUT2D eigenvalue weighted by Gasteiger charge is 2.14. The van der Waals surface area contributed by atoms with Gasteiger partial charge in [-0.25, -0.2) is 4.39 Å². The van der Waals surface area contributed by atoms with E-state index in [0.29, 0.717) is 43.6 Å². The van der Waals surface area contributed by atoms with Gasteiger partial charge in [0, 0.05) is 12.1 Å². The fraction of sp³-hybridized carbons (Fsp3) is 0.263. The molecule has 0 saturated heterocycles. The van der Waals surface area contributed by atoms with Gasteiger partial charge in [0.05, 0.1) is 6.54 Å². The molecule has 0 N–H and O–H groups in total. The average molecular weight is 355 g/mol. The van der Waals surface area contributed by atoms with E-state index in [0.717, 1.165) is 17.1 Å². The molecule has 0 amide bonds. The molecule has 26 heavy (non-hydrogen) atoms. The van der Waals surface area contributed by atoms with Crippen LogP contribution in [0, 0.1) is 5.82 Å². The van der Waals surface area contributed by atoms with E-state index in [4.69, 9.17) is 13.9 Å². The van der Waals surface area contributed by atoms with Gasteiger partial charge < -0.3 is 13.9 Å². The second kappa shape index (κ2) is 7.13. The summed E-state index contributed by atoms with van der Waals surface area (Å²) in [6, 6.07) is 11.9. The Morgan fingerprint density at radius 2 is 1.73 bits per heavy atom. The van der Waals surface area contributed by atoms with Crippen LogP contribution in [0.4, 0.5) is 4.39 Å². The Hall–Kier alpha value is -2.93. The molecule has 0 bridgehead atoms. The number of ether oxygens (including phenoxy) is 2. The lowest BCUT2D eigenvalue weighted by Crippen LogP contribution is -2.18. The van der Waals surface area contributed by atoms with Crippen LogP contribution in [-0.2, 0) is 13.1 Å². The molecule has 0 radical (unpaired) electrons. The molecule has 7 heteroatoms. The van der Waals surface area contributed by atoms with Crippen LogP contribution in [0.5, 0.6) is 11.5 Å². The molecule has 1 aliphatic heterocycles. The first-order chi connectivity index (χ1) is 12.7. The van der Waals surface area contributed by atoms with Crippen molar-refractivity contribution in [3.8, 4) is 23.0 Å². The average Bonchev–Trinajstić information content (AvgIpc) is 3.10. The predicted molar refractivity (Wildman–Crippen MR) is 92.3 cm³/mol. The lowest BCUT2D eigenvalue weighted by Gasteiger charge is -2.20. The molecule has 6 nitrogen and oxygen atoms in total. The van der Waals surface area contributed by atoms with Crippen LogP contribution in [0.3, 0.4) is 0 Å². The molecule has 0 fully saturated rings. The first kappa shape index (κ1) is 16.5. The lowest BCUT2D eigenvalue weighted by atomic mass is 10.2. The van der Waals surface area contributed by atoms with Crippen molar-refractivity contribution in [1.82, 2.24) is 15.1 Å². The molecule has 2 aromatic carbocycles. The Balaban J connectivity index is 1.40. The van der Waals surface area contributed by atoms with Crippen LogP contribution < -0.4 is 9.47 Å². The molecular weight excluding hydrogens is 337 g/mol. The molecule has 0 unspecified atom stereocenters. The minimum Gasteiger partial charge on any atom is -0.486 e. The van der Waals surface area contributed by atoms with E-state index >= 15 is 0 Å². The third kappa shape index (κ3) is 3.67. The van der Waals surface area contributed by atoms with E-state index in [2.05, 4.69) is 15.1 Å². The summed E-state index contributed by atoms with van der Waals surface area (Å²) in [6.07, 6.45) is 0. The summed E-state index contributed by atoms with van der Waals surface area (Å²) in [5.41, 5.74) is 1.80. The van der Waals surface area contributed by atoms with Gasteiger partial charge in [-0.3, -0.25) is 4.90 Å². The fourth-order valence-electron chi connectivity index (χ4n) is 2.81. The van der Waals surface area contributed by atoms with Gasteiger partial charge in [-0.2, -0.15) is 0 Å². The number of nitrogens with zero attached hydrogens (tertiary/aromatic N) is 3. The highest BCUT2D eigenvalue weighted by atomic mass is 19.1. The molecule has 0 saturated carbocycles. The summed E-state index contributed by atoms with van der Waals surface area (Å²) in [5, 5.41) is 8.10. The molecule has 1 aromatic heterocycles. The fourth-order valence-corrected chi connectivity index (χ4v) is 2.81. The van der Waals surface area contributed by atoms with E-state index in [9.17, 15) is 4.39 Å². The summed E-state index contributed by atoms with van der Waals surface area (Å²) in [7, 11) is 1.97. The van der Waals surface area contributed by atoms with Gasteiger partial charge in [0.15, 0.2) is 11.5 Å². The second-order valence-corrected chi connectivity index (χ2v) is 6.16. The number of benzene rings is 2. The standard InChI is InChI=1S/C19H18FN3O3/c1-23(11-13-2-7-16-17(10-13)25-9-8-24-16)12-18-21-22-19(26-18)14-3-5-15(20)6-4-14/h2-7,10H,8-9,11-12H2,1H3. The first-order valence-electron chi connectivity index (χ1n) is 8.33. The third-order valence-corrected chi connectivity index (χ3v) is 4.02. The molecule has 4 rings (SSSR count). The van der Waals surface area contributed by atoms with Crippen molar-refractivity contribution in [3.63, 3.8) is 0 Å². The van der Waals surface area contributed by atoms with E-state index in [1.165, 1.54) is 12.1 Å². The van der Waals surface area contributed by atoms with Crippen LogP contribution in [0.2, 0.25) is 0 Å². The largest absolute Gasteiger partial charge is 0.486 e. The van der Waals surface area contributed by atoms with Crippen molar-refractivity contribution in [2.24, 2.45) is 0 Å². The van der Waals surface area contributed by atoms with Crippen LogP contribution in [0.15, 0.2) is 46.9 Å². The van der Waals surface area contributed by atoms with Crippen molar-refractivity contribution < 1.29 is 18.3 Å². The zero-order chi connectivity index (χ0) is 17.9. The molecule has 134 valence electrons. The maximum Gasteiger partial charge on any atom is 0.247 e. The van der Waals surface area contributed by atoms with Crippen LogP contribution in [0.25, 0.3) is 11.5 Å². The minimum atomic E-state index is -0.298. The number of hydrogen-bond donors (Lipinski definition) is 0. The lowest BCUT2D eigenvalue weighted by molar-refractivity contribution is 0.171. The Labute approximate surface area is 150 Å². The van der Waals surface area contributed by atoms with Crippen molar-refractivity contribution >= 4 is 0 Å². The number of hydrogen-bond acceptors (Lipinski definition) is 6. The number of rotatable bonds is 5. The van der Waals surface area contributed by atoms with Gasteiger partial charge in [0.25, 0.3) is 0 Å². The van der Waals surface area contributed by atoms with Crippen LogP contribution in [0.1, 0.15) is 11.5 Å². The van der Waals surface area contributed by atoms with Crippen molar-refractivity contribution in [2.75, 3.05) is 20.3 Å². The molecule has 0 aliphatic carbocycles. The smallest absolute Gasteiger partial charge is 0.247 e. The second-order valence-electron chi connectivity index (χ2n) is 6.16. The summed E-state index contributed by atoms with van der Waals surface area (Å²) >= 11 is 0. The normalized spacial score (nSPS) is 13.2. The number of fused-ring (bicyclic) bond motifs is 1. The van der Waals surface area contributed by atoms with Crippen LogP contribution in [-0.4, -0.2) is 35.4 Å². The Kier molecular flexibility index (Phi) is 4.53. The van der Waals surface area contributed by atoms with E-state index < -0.39 is 0 Å². The highest BCUT2D eigenvalue weighted by Crippen LogP contribution is 2.31. The topological polar surface area (TPSA) is 60.6 Å². The van der Waals surface area contributed by atoms with E-state index in [1.54, 1.807) is 12.1 Å². The van der Waals surface area contributed by atoms with Gasteiger partial charge >= 0.3 is 0 Å². The zero-order valence-electron chi connectivity index (χ0n) is 14.3. The summed E-state index contributed by atoms with van der Waals surface area (Å²) < 4.78 is 29.8. The molecule has 0 spiro atoms. The summed E-state index contributed by atoms with van der Waals surface area (Å²) in [5.74, 6) is 2.15. The van der Waals surface area contributed by atoms with Crippen LogP contribution >= 0.6 is 0 Å². The van der Waals surface area contributed by atoms with Gasteiger partial charge in [-0.05, 0) is 49.0 Å².